The van der Waals surface area contributed by atoms with E-state index in [2.05, 4.69) is 45.7 Å². The smallest absolute Gasteiger partial charge is 0.0866 e. The number of fused-ring (bicyclic) bond motifs is 4. The van der Waals surface area contributed by atoms with E-state index in [1.54, 1.807) is 0 Å². The summed E-state index contributed by atoms with van der Waals surface area (Å²) in [6.07, 6.45) is 9.66. The van der Waals surface area contributed by atoms with Crippen molar-refractivity contribution >= 4 is 31.9 Å². The quantitative estimate of drug-likeness (QED) is 0.472. The summed E-state index contributed by atoms with van der Waals surface area (Å²) in [6, 6.07) is 0. The average molecular weight is 398 g/mol. The summed E-state index contributed by atoms with van der Waals surface area (Å²) in [6.45, 7) is 4.47. The van der Waals surface area contributed by atoms with Gasteiger partial charge in [-0.15, -0.1) is 0 Å². The van der Waals surface area contributed by atoms with Gasteiger partial charge in [0.25, 0.3) is 0 Å². The van der Waals surface area contributed by atoms with E-state index >= 15 is 0 Å². The zero-order chi connectivity index (χ0) is 13.8. The summed E-state index contributed by atoms with van der Waals surface area (Å²) >= 11 is 7.56. The third-order valence-electron chi connectivity index (χ3n) is 4.32. The van der Waals surface area contributed by atoms with Crippen LogP contribution in [0.2, 0.25) is 0 Å². The number of unbranched alkanes of at least 4 members (excludes halogenated alkanes) is 2. The average Bonchev–Trinajstić information content (AvgIpc) is 2.32. The summed E-state index contributed by atoms with van der Waals surface area (Å²) in [5.74, 6) is 0. The maximum absolute atomic E-state index is 6.41. The lowest BCUT2D eigenvalue weighted by Gasteiger charge is -2.47. The Hall–Kier alpha value is 0.880. The largest absolute Gasteiger partial charge is 0.371 e. The van der Waals surface area contributed by atoms with E-state index in [0.717, 1.165) is 19.3 Å². The Morgan fingerprint density at radius 1 is 1.11 bits per heavy atom. The summed E-state index contributed by atoms with van der Waals surface area (Å²) in [5, 5.41) is 0. The van der Waals surface area contributed by atoms with Crippen LogP contribution in [0, 0.1) is 0 Å². The van der Waals surface area contributed by atoms with Crippen molar-refractivity contribution in [2.75, 3.05) is 0 Å². The molecular formula is C15H26Br2O2. The second-order valence-corrected chi connectivity index (χ2v) is 8.19. The van der Waals surface area contributed by atoms with Gasteiger partial charge < -0.3 is 9.47 Å². The normalized spacial score (nSPS) is 40.1. The number of rotatable bonds is 6. The van der Waals surface area contributed by atoms with Crippen molar-refractivity contribution in [2.45, 2.75) is 92.9 Å². The van der Waals surface area contributed by atoms with Crippen LogP contribution in [0.4, 0.5) is 0 Å². The van der Waals surface area contributed by atoms with Gasteiger partial charge in [0.05, 0.1) is 24.4 Å². The Morgan fingerprint density at radius 3 is 2.47 bits per heavy atom. The van der Waals surface area contributed by atoms with Gasteiger partial charge in [0, 0.05) is 16.1 Å². The maximum atomic E-state index is 6.41. The first-order valence-electron chi connectivity index (χ1n) is 7.74. The molecule has 0 aromatic carbocycles. The van der Waals surface area contributed by atoms with Crippen LogP contribution in [0.5, 0.6) is 0 Å². The molecule has 0 unspecified atom stereocenters. The minimum atomic E-state index is 0.305. The third kappa shape index (κ3) is 4.18. The molecule has 3 rings (SSSR count). The fourth-order valence-corrected chi connectivity index (χ4v) is 4.05. The molecule has 6 atom stereocenters. The first kappa shape index (κ1) is 16.3. The van der Waals surface area contributed by atoms with Crippen molar-refractivity contribution in [2.24, 2.45) is 0 Å². The number of alkyl halides is 2. The molecule has 0 radical (unpaired) electrons. The standard InChI is InChI=1S/C15H26Br2O2/c1-3-5-6-7-12-15-9-14(19-15)11(17)8-13(18-12)10(16)4-2/h10-15H,3-9H2,1-2H3/t10-,11-,12+,13-,14-,15+/m0/s1. The van der Waals surface area contributed by atoms with E-state index in [4.69, 9.17) is 9.47 Å². The van der Waals surface area contributed by atoms with Gasteiger partial charge in [-0.2, -0.15) is 0 Å². The molecule has 2 bridgehead atoms. The Morgan fingerprint density at radius 2 is 1.84 bits per heavy atom. The Balaban J connectivity index is 1.94. The molecule has 3 aliphatic heterocycles. The van der Waals surface area contributed by atoms with Gasteiger partial charge in [-0.3, -0.25) is 0 Å². The van der Waals surface area contributed by atoms with Crippen LogP contribution < -0.4 is 0 Å². The predicted octanol–water partition coefficient (Wildman–Crippen LogP) is 4.82. The minimum absolute atomic E-state index is 0.305. The summed E-state index contributed by atoms with van der Waals surface area (Å²) in [5.41, 5.74) is 0. The topological polar surface area (TPSA) is 18.5 Å². The molecule has 0 aliphatic carbocycles. The van der Waals surface area contributed by atoms with E-state index < -0.39 is 0 Å². The van der Waals surface area contributed by atoms with E-state index in [-0.39, 0.29) is 0 Å². The maximum Gasteiger partial charge on any atom is 0.0866 e. The van der Waals surface area contributed by atoms with E-state index in [1.165, 1.54) is 25.7 Å². The van der Waals surface area contributed by atoms with Gasteiger partial charge in [-0.05, 0) is 19.3 Å². The van der Waals surface area contributed by atoms with Gasteiger partial charge in [0.2, 0.25) is 0 Å². The highest BCUT2D eigenvalue weighted by Gasteiger charge is 2.44. The molecule has 0 N–H and O–H groups in total. The first-order valence-corrected chi connectivity index (χ1v) is 9.57. The second-order valence-electron chi connectivity index (χ2n) is 5.83. The Bertz CT molecular complexity index is 269. The fraction of sp³-hybridized carbons (Fsp3) is 1.00. The molecule has 112 valence electrons. The van der Waals surface area contributed by atoms with E-state index in [9.17, 15) is 0 Å². The fourth-order valence-electron chi connectivity index (χ4n) is 3.00. The molecule has 3 fully saturated rings. The summed E-state index contributed by atoms with van der Waals surface area (Å²) in [4.78, 5) is 0.899. The highest BCUT2D eigenvalue weighted by Crippen LogP contribution is 2.39. The molecule has 0 amide bonds. The van der Waals surface area contributed by atoms with Crippen molar-refractivity contribution in [3.05, 3.63) is 0 Å². The van der Waals surface area contributed by atoms with Crippen LogP contribution in [-0.2, 0) is 9.47 Å². The van der Waals surface area contributed by atoms with Crippen molar-refractivity contribution in [1.82, 2.24) is 0 Å². The molecule has 3 heterocycles. The van der Waals surface area contributed by atoms with Crippen LogP contribution >= 0.6 is 31.9 Å². The van der Waals surface area contributed by atoms with Crippen LogP contribution in [0.15, 0.2) is 0 Å². The molecule has 3 aliphatic rings. The molecule has 19 heavy (non-hydrogen) atoms. The van der Waals surface area contributed by atoms with Gasteiger partial charge in [0.1, 0.15) is 0 Å². The Labute approximate surface area is 134 Å². The van der Waals surface area contributed by atoms with Crippen molar-refractivity contribution in [3.8, 4) is 0 Å². The minimum Gasteiger partial charge on any atom is -0.371 e. The molecular weight excluding hydrogens is 372 g/mol. The van der Waals surface area contributed by atoms with Crippen molar-refractivity contribution in [3.63, 3.8) is 0 Å². The van der Waals surface area contributed by atoms with Crippen molar-refractivity contribution in [1.29, 1.82) is 0 Å². The summed E-state index contributed by atoms with van der Waals surface area (Å²) in [7, 11) is 0. The Kier molecular flexibility index (Phi) is 6.64. The third-order valence-corrected chi connectivity index (χ3v) is 6.53. The molecule has 0 spiro atoms. The highest BCUT2D eigenvalue weighted by molar-refractivity contribution is 9.09. The molecule has 0 saturated carbocycles. The van der Waals surface area contributed by atoms with Gasteiger partial charge in [-0.25, -0.2) is 0 Å². The molecule has 4 heteroatoms. The van der Waals surface area contributed by atoms with E-state index in [0.29, 0.717) is 34.1 Å². The van der Waals surface area contributed by atoms with Gasteiger partial charge in [0.15, 0.2) is 0 Å². The first-order chi connectivity index (χ1) is 9.15. The number of hydrogen-bond acceptors (Lipinski definition) is 2. The van der Waals surface area contributed by atoms with Crippen LogP contribution in [0.3, 0.4) is 0 Å². The zero-order valence-electron chi connectivity index (χ0n) is 12.0. The van der Waals surface area contributed by atoms with Gasteiger partial charge >= 0.3 is 0 Å². The van der Waals surface area contributed by atoms with Crippen LogP contribution in [0.25, 0.3) is 0 Å². The second kappa shape index (κ2) is 7.77. The predicted molar refractivity (Wildman–Crippen MR) is 86.4 cm³/mol. The monoisotopic (exact) mass is 396 g/mol. The molecule has 3 saturated heterocycles. The lowest BCUT2D eigenvalue weighted by Crippen LogP contribution is -2.55. The summed E-state index contributed by atoms with van der Waals surface area (Å²) < 4.78 is 12.4. The van der Waals surface area contributed by atoms with Crippen LogP contribution in [-0.4, -0.2) is 34.1 Å². The lowest BCUT2D eigenvalue weighted by atomic mass is 9.90. The van der Waals surface area contributed by atoms with E-state index in [1.807, 2.05) is 0 Å². The SMILES string of the molecule is CCCCC[C@H]1O[C@H]([C@@H](Br)CC)C[C@H](Br)[C@@H]2C[C@H]1O2. The highest BCUT2D eigenvalue weighted by atomic mass is 79.9. The van der Waals surface area contributed by atoms with Crippen LogP contribution in [0.1, 0.15) is 58.8 Å². The van der Waals surface area contributed by atoms with Crippen molar-refractivity contribution < 1.29 is 9.47 Å². The zero-order valence-corrected chi connectivity index (χ0v) is 15.2. The molecule has 0 aromatic heterocycles. The number of hydrogen-bond donors (Lipinski definition) is 0. The lowest BCUT2D eigenvalue weighted by molar-refractivity contribution is -0.215. The number of ether oxygens (including phenoxy) is 2. The molecule has 2 nitrogen and oxygen atoms in total. The number of halogens is 2. The van der Waals surface area contributed by atoms with Gasteiger partial charge in [-0.1, -0.05) is 65.0 Å². The molecule has 0 aromatic rings.